The molecule has 0 aromatic heterocycles. The molecule has 6 N–H and O–H groups in total. The molecule has 0 aliphatic carbocycles. The zero-order valence-corrected chi connectivity index (χ0v) is 10.7. The highest BCUT2D eigenvalue weighted by Gasteiger charge is 2.08. The second-order valence-electron chi connectivity index (χ2n) is 3.10. The standard InChI is InChI=1S/C9H23N3O3Si/c10-2-1-7-16-15-8-9(13-5-3-11)14-6-4-12/h9H,1-8,10-12H2. The molecule has 0 unspecified atom stereocenters. The van der Waals surface area contributed by atoms with Crippen molar-refractivity contribution in [2.75, 3.05) is 39.5 Å². The number of hydrogen-bond donors (Lipinski definition) is 3. The van der Waals surface area contributed by atoms with E-state index in [4.69, 9.17) is 31.1 Å². The monoisotopic (exact) mass is 249 g/mol. The van der Waals surface area contributed by atoms with Crippen LogP contribution in [-0.4, -0.2) is 55.5 Å². The third-order valence-corrected chi connectivity index (χ3v) is 2.58. The second-order valence-corrected chi connectivity index (χ2v) is 4.17. The largest absolute Gasteiger partial charge is 0.412 e. The van der Waals surface area contributed by atoms with Crippen molar-refractivity contribution in [3.63, 3.8) is 0 Å². The Morgan fingerprint density at radius 1 is 0.938 bits per heavy atom. The van der Waals surface area contributed by atoms with Gasteiger partial charge in [0.05, 0.1) is 19.8 Å². The van der Waals surface area contributed by atoms with Crippen LogP contribution in [0.5, 0.6) is 0 Å². The molecule has 2 radical (unpaired) electrons. The zero-order valence-electron chi connectivity index (χ0n) is 9.69. The summed E-state index contributed by atoms with van der Waals surface area (Å²) in [5.74, 6) is 0. The number of nitrogens with two attached hydrogens (primary N) is 3. The third-order valence-electron chi connectivity index (χ3n) is 1.65. The van der Waals surface area contributed by atoms with Crippen LogP contribution in [0.25, 0.3) is 0 Å². The van der Waals surface area contributed by atoms with Crippen LogP contribution in [-0.2, 0) is 13.9 Å². The summed E-state index contributed by atoms with van der Waals surface area (Å²) < 4.78 is 16.1. The van der Waals surface area contributed by atoms with Gasteiger partial charge in [-0.1, -0.05) is 0 Å². The topological polar surface area (TPSA) is 106 Å². The first-order valence-electron chi connectivity index (χ1n) is 5.53. The Morgan fingerprint density at radius 3 is 2.06 bits per heavy atom. The molecule has 0 aromatic carbocycles. The first-order chi connectivity index (χ1) is 7.85. The summed E-state index contributed by atoms with van der Waals surface area (Å²) in [5.41, 5.74) is 16.1. The SMILES string of the molecule is NCCC[Si]OCC(OCCN)OCCN. The van der Waals surface area contributed by atoms with Crippen molar-refractivity contribution in [2.24, 2.45) is 17.2 Å². The summed E-state index contributed by atoms with van der Waals surface area (Å²) >= 11 is 0. The average Bonchev–Trinajstić information content (AvgIpc) is 2.31. The summed E-state index contributed by atoms with van der Waals surface area (Å²) in [6, 6.07) is 0.983. The maximum atomic E-state index is 5.43. The molecule has 0 bridgehead atoms. The molecule has 96 valence electrons. The minimum Gasteiger partial charge on any atom is -0.412 e. The lowest BCUT2D eigenvalue weighted by Gasteiger charge is -2.17. The van der Waals surface area contributed by atoms with Crippen LogP contribution < -0.4 is 17.2 Å². The van der Waals surface area contributed by atoms with Crippen LogP contribution in [0.4, 0.5) is 0 Å². The molecule has 0 aromatic rings. The quantitative estimate of drug-likeness (QED) is 0.225. The molecule has 0 saturated carbocycles. The molecule has 0 amide bonds. The van der Waals surface area contributed by atoms with Gasteiger partial charge in [-0.05, 0) is 19.0 Å². The fourth-order valence-electron chi connectivity index (χ4n) is 0.917. The molecule has 7 heteroatoms. The Morgan fingerprint density at radius 2 is 1.56 bits per heavy atom. The van der Waals surface area contributed by atoms with Crippen molar-refractivity contribution in [3.8, 4) is 0 Å². The zero-order chi connectivity index (χ0) is 12.1. The van der Waals surface area contributed by atoms with Gasteiger partial charge in [-0.25, -0.2) is 0 Å². The van der Waals surface area contributed by atoms with Crippen LogP contribution in [0.3, 0.4) is 0 Å². The minimum atomic E-state index is -0.363. The van der Waals surface area contributed by atoms with E-state index < -0.39 is 0 Å². The van der Waals surface area contributed by atoms with Gasteiger partial charge in [0, 0.05) is 13.1 Å². The van der Waals surface area contributed by atoms with E-state index in [1.165, 1.54) is 0 Å². The average molecular weight is 249 g/mol. The molecule has 0 rings (SSSR count). The lowest BCUT2D eigenvalue weighted by atomic mass is 10.5. The van der Waals surface area contributed by atoms with Gasteiger partial charge in [-0.2, -0.15) is 0 Å². The van der Waals surface area contributed by atoms with E-state index in [0.717, 1.165) is 12.5 Å². The predicted molar refractivity (Wildman–Crippen MR) is 64.0 cm³/mol. The van der Waals surface area contributed by atoms with Crippen molar-refractivity contribution in [1.29, 1.82) is 0 Å². The van der Waals surface area contributed by atoms with E-state index in [1.54, 1.807) is 0 Å². The molecule has 0 fully saturated rings. The summed E-state index contributed by atoms with van der Waals surface area (Å²) in [6.07, 6.45) is 0.619. The van der Waals surface area contributed by atoms with Gasteiger partial charge in [0.2, 0.25) is 9.76 Å². The molecule has 0 saturated heterocycles. The Hall–Kier alpha value is -0.0231. The van der Waals surface area contributed by atoms with Gasteiger partial charge in [0.25, 0.3) is 0 Å². The van der Waals surface area contributed by atoms with Gasteiger partial charge in [0.15, 0.2) is 6.29 Å². The molecule has 0 heterocycles. The van der Waals surface area contributed by atoms with Crippen molar-refractivity contribution in [2.45, 2.75) is 18.8 Å². The van der Waals surface area contributed by atoms with Crippen LogP contribution in [0.15, 0.2) is 0 Å². The Balaban J connectivity index is 3.48. The van der Waals surface area contributed by atoms with Gasteiger partial charge >= 0.3 is 0 Å². The van der Waals surface area contributed by atoms with Crippen LogP contribution >= 0.6 is 0 Å². The lowest BCUT2D eigenvalue weighted by Crippen LogP contribution is -2.29. The van der Waals surface area contributed by atoms with E-state index in [2.05, 4.69) is 0 Å². The minimum absolute atomic E-state index is 0.363. The van der Waals surface area contributed by atoms with Crippen molar-refractivity contribution in [3.05, 3.63) is 0 Å². The van der Waals surface area contributed by atoms with Crippen molar-refractivity contribution >= 4 is 9.76 Å². The predicted octanol–water partition coefficient (Wildman–Crippen LogP) is -1.33. The lowest BCUT2D eigenvalue weighted by molar-refractivity contribution is -0.154. The molecular formula is C9H23N3O3Si. The van der Waals surface area contributed by atoms with E-state index >= 15 is 0 Å². The van der Waals surface area contributed by atoms with Crippen LogP contribution in [0, 0.1) is 0 Å². The van der Waals surface area contributed by atoms with E-state index in [1.807, 2.05) is 0 Å². The Kier molecular flexibility index (Phi) is 13.0. The normalized spacial score (nSPS) is 11.2. The Labute approximate surface area is 99.7 Å². The number of rotatable bonds is 12. The highest BCUT2D eigenvalue weighted by molar-refractivity contribution is 6.26. The fourth-order valence-corrected chi connectivity index (χ4v) is 1.66. The first kappa shape index (κ1) is 16.0. The molecule has 6 nitrogen and oxygen atoms in total. The third kappa shape index (κ3) is 10.5. The summed E-state index contributed by atoms with van der Waals surface area (Å²) in [6.45, 7) is 2.99. The maximum Gasteiger partial charge on any atom is 0.229 e. The fraction of sp³-hybridized carbons (Fsp3) is 1.00. The maximum absolute atomic E-state index is 5.43. The Bertz CT molecular complexity index is 135. The number of hydrogen-bond acceptors (Lipinski definition) is 6. The van der Waals surface area contributed by atoms with Crippen molar-refractivity contribution in [1.82, 2.24) is 0 Å². The highest BCUT2D eigenvalue weighted by Crippen LogP contribution is 1.96. The highest BCUT2D eigenvalue weighted by atomic mass is 28.2. The first-order valence-corrected chi connectivity index (χ1v) is 6.64. The van der Waals surface area contributed by atoms with E-state index in [9.17, 15) is 0 Å². The van der Waals surface area contributed by atoms with Gasteiger partial charge in [-0.15, -0.1) is 0 Å². The molecular weight excluding hydrogens is 226 g/mol. The van der Waals surface area contributed by atoms with Gasteiger partial charge < -0.3 is 31.1 Å². The van der Waals surface area contributed by atoms with Crippen LogP contribution in [0.2, 0.25) is 6.04 Å². The van der Waals surface area contributed by atoms with Crippen LogP contribution in [0.1, 0.15) is 6.42 Å². The van der Waals surface area contributed by atoms with E-state index in [-0.39, 0.29) is 6.29 Å². The summed E-state index contributed by atoms with van der Waals surface area (Å²) in [5, 5.41) is 0. The van der Waals surface area contributed by atoms with E-state index in [0.29, 0.717) is 49.2 Å². The smallest absolute Gasteiger partial charge is 0.229 e. The molecule has 0 aliphatic heterocycles. The van der Waals surface area contributed by atoms with Gasteiger partial charge in [0.1, 0.15) is 0 Å². The second kappa shape index (κ2) is 13.0. The van der Waals surface area contributed by atoms with Gasteiger partial charge in [-0.3, -0.25) is 0 Å². The molecule has 0 spiro atoms. The summed E-state index contributed by atoms with van der Waals surface area (Å²) in [4.78, 5) is 0. The number of ether oxygens (including phenoxy) is 2. The van der Waals surface area contributed by atoms with Crippen molar-refractivity contribution < 1.29 is 13.9 Å². The summed E-state index contributed by atoms with van der Waals surface area (Å²) in [7, 11) is 0.440. The molecule has 0 atom stereocenters. The molecule has 16 heavy (non-hydrogen) atoms. The molecule has 0 aliphatic rings.